The third-order valence-corrected chi connectivity index (χ3v) is 7.30. The molecule has 0 saturated carbocycles. The average Bonchev–Trinajstić information content (AvgIpc) is 2.75. The number of carbonyl (C=O) groups is 1. The Bertz CT molecular complexity index is 1020. The van der Waals surface area contributed by atoms with Gasteiger partial charge in [0.2, 0.25) is 10.0 Å². The second kappa shape index (κ2) is 8.12. The number of ether oxygens (including phenoxy) is 1. The van der Waals surface area contributed by atoms with Crippen LogP contribution in [0.2, 0.25) is 0 Å². The molecule has 1 fully saturated rings. The lowest BCUT2D eigenvalue weighted by molar-refractivity contribution is 0.0924. The number of piperidine rings is 1. The van der Waals surface area contributed by atoms with Crippen molar-refractivity contribution in [2.75, 3.05) is 19.7 Å². The molecule has 154 valence electrons. The smallest absolute Gasteiger partial charge is 0.251 e. The van der Waals surface area contributed by atoms with Crippen LogP contribution in [0.4, 0.5) is 4.39 Å². The maximum Gasteiger partial charge on any atom is 0.251 e. The molecule has 0 spiro atoms. The lowest BCUT2D eigenvalue weighted by atomic mass is 10.00. The first kappa shape index (κ1) is 19.8. The third kappa shape index (κ3) is 4.00. The summed E-state index contributed by atoms with van der Waals surface area (Å²) < 4.78 is 47.0. The van der Waals surface area contributed by atoms with E-state index in [1.165, 1.54) is 10.4 Å². The van der Waals surface area contributed by atoms with Gasteiger partial charge in [0.05, 0.1) is 12.6 Å². The Kier molecular flexibility index (Phi) is 5.56. The molecule has 8 heteroatoms. The van der Waals surface area contributed by atoms with E-state index in [0.717, 1.165) is 42.7 Å². The van der Waals surface area contributed by atoms with Gasteiger partial charge in [-0.25, -0.2) is 12.8 Å². The molecular weight excluding hydrogens is 395 g/mol. The Morgan fingerprint density at radius 3 is 2.66 bits per heavy atom. The number of hydrogen-bond donors (Lipinski definition) is 1. The molecule has 2 aromatic rings. The van der Waals surface area contributed by atoms with Crippen molar-refractivity contribution in [1.29, 1.82) is 0 Å². The summed E-state index contributed by atoms with van der Waals surface area (Å²) in [4.78, 5) is 12.4. The minimum atomic E-state index is -3.97. The Labute approximate surface area is 169 Å². The topological polar surface area (TPSA) is 75.7 Å². The molecule has 1 atom stereocenters. The van der Waals surface area contributed by atoms with E-state index >= 15 is 0 Å². The van der Waals surface area contributed by atoms with E-state index in [9.17, 15) is 17.6 Å². The van der Waals surface area contributed by atoms with Gasteiger partial charge in [0, 0.05) is 30.6 Å². The van der Waals surface area contributed by atoms with Crippen LogP contribution >= 0.6 is 0 Å². The molecule has 2 aromatic carbocycles. The normalized spacial score (nSPS) is 19.8. The zero-order chi connectivity index (χ0) is 20.4. The van der Waals surface area contributed by atoms with Gasteiger partial charge < -0.3 is 10.1 Å². The number of sulfonamides is 1. The highest BCUT2D eigenvalue weighted by atomic mass is 32.2. The van der Waals surface area contributed by atoms with Gasteiger partial charge in [-0.05, 0) is 37.1 Å². The molecule has 4 rings (SSSR count). The number of benzene rings is 2. The van der Waals surface area contributed by atoms with Crippen molar-refractivity contribution in [3.8, 4) is 5.75 Å². The summed E-state index contributed by atoms with van der Waals surface area (Å²) in [6.07, 6.45) is 3.07. The molecule has 0 bridgehead atoms. The SMILES string of the molecule is O=C(NC1CCOc2ccccc21)c1ccc(F)c(S(=O)(=O)N2CCCCC2)c1. The fourth-order valence-corrected chi connectivity index (χ4v) is 5.43. The molecule has 1 unspecified atom stereocenters. The molecule has 2 aliphatic heterocycles. The predicted molar refractivity (Wildman–Crippen MR) is 106 cm³/mol. The van der Waals surface area contributed by atoms with Gasteiger partial charge in [-0.2, -0.15) is 4.31 Å². The third-order valence-electron chi connectivity index (χ3n) is 5.39. The minimum Gasteiger partial charge on any atom is -0.493 e. The van der Waals surface area contributed by atoms with Gasteiger partial charge in [-0.3, -0.25) is 4.79 Å². The quantitative estimate of drug-likeness (QED) is 0.827. The number of carbonyl (C=O) groups excluding carboxylic acids is 1. The maximum absolute atomic E-state index is 14.4. The molecule has 29 heavy (non-hydrogen) atoms. The van der Waals surface area contributed by atoms with E-state index in [4.69, 9.17) is 4.74 Å². The number of rotatable bonds is 4. The van der Waals surface area contributed by atoms with Crippen molar-refractivity contribution >= 4 is 15.9 Å². The van der Waals surface area contributed by atoms with E-state index in [2.05, 4.69) is 5.32 Å². The van der Waals surface area contributed by atoms with Gasteiger partial charge in [0.1, 0.15) is 16.5 Å². The molecule has 1 saturated heterocycles. The van der Waals surface area contributed by atoms with Crippen LogP contribution in [-0.4, -0.2) is 38.3 Å². The van der Waals surface area contributed by atoms with Crippen molar-refractivity contribution in [3.63, 3.8) is 0 Å². The Morgan fingerprint density at radius 2 is 1.86 bits per heavy atom. The first-order valence-electron chi connectivity index (χ1n) is 9.79. The van der Waals surface area contributed by atoms with Crippen LogP contribution < -0.4 is 10.1 Å². The number of halogens is 1. The molecule has 2 aliphatic rings. The zero-order valence-corrected chi connectivity index (χ0v) is 16.8. The second-order valence-electron chi connectivity index (χ2n) is 7.31. The molecule has 0 radical (unpaired) electrons. The van der Waals surface area contributed by atoms with Crippen LogP contribution in [0.25, 0.3) is 0 Å². The minimum absolute atomic E-state index is 0.117. The van der Waals surface area contributed by atoms with Crippen LogP contribution in [0.5, 0.6) is 5.75 Å². The summed E-state index contributed by atoms with van der Waals surface area (Å²) in [5, 5.41) is 2.92. The highest BCUT2D eigenvalue weighted by Gasteiger charge is 2.30. The number of hydrogen-bond acceptors (Lipinski definition) is 4. The number of nitrogens with zero attached hydrogens (tertiary/aromatic N) is 1. The Hall–Kier alpha value is -2.45. The highest BCUT2D eigenvalue weighted by molar-refractivity contribution is 7.89. The summed E-state index contributed by atoms with van der Waals surface area (Å²) in [5.41, 5.74) is 0.987. The van der Waals surface area contributed by atoms with Crippen molar-refractivity contribution in [1.82, 2.24) is 9.62 Å². The fraction of sp³-hybridized carbons (Fsp3) is 0.381. The molecule has 1 amide bonds. The van der Waals surface area contributed by atoms with E-state index in [1.807, 2.05) is 24.3 Å². The van der Waals surface area contributed by atoms with Crippen LogP contribution in [0.1, 0.15) is 47.6 Å². The van der Waals surface area contributed by atoms with E-state index in [0.29, 0.717) is 26.1 Å². The summed E-state index contributed by atoms with van der Waals surface area (Å²) in [6.45, 7) is 1.22. The number of para-hydroxylation sites is 1. The Balaban J connectivity index is 1.58. The monoisotopic (exact) mass is 418 g/mol. The molecular formula is C21H23FN2O4S. The van der Waals surface area contributed by atoms with Crippen LogP contribution in [0.15, 0.2) is 47.4 Å². The maximum atomic E-state index is 14.4. The number of amides is 1. The molecule has 0 aromatic heterocycles. The van der Waals surface area contributed by atoms with Gasteiger partial charge in [-0.1, -0.05) is 24.6 Å². The highest BCUT2D eigenvalue weighted by Crippen LogP contribution is 2.32. The first-order valence-corrected chi connectivity index (χ1v) is 11.2. The molecule has 0 aliphatic carbocycles. The van der Waals surface area contributed by atoms with Crippen molar-refractivity contribution < 1.29 is 22.3 Å². The predicted octanol–water partition coefficient (Wildman–Crippen LogP) is 3.25. The lowest BCUT2D eigenvalue weighted by Gasteiger charge is -2.27. The van der Waals surface area contributed by atoms with Gasteiger partial charge in [0.15, 0.2) is 0 Å². The van der Waals surface area contributed by atoms with Crippen molar-refractivity contribution in [2.24, 2.45) is 0 Å². The zero-order valence-electron chi connectivity index (χ0n) is 15.9. The van der Waals surface area contributed by atoms with Gasteiger partial charge in [-0.15, -0.1) is 0 Å². The van der Waals surface area contributed by atoms with Crippen LogP contribution in [0.3, 0.4) is 0 Å². The fourth-order valence-electron chi connectivity index (χ4n) is 3.82. The van der Waals surface area contributed by atoms with E-state index in [1.54, 1.807) is 0 Å². The largest absolute Gasteiger partial charge is 0.493 e. The molecule has 1 N–H and O–H groups in total. The van der Waals surface area contributed by atoms with Crippen molar-refractivity contribution in [2.45, 2.75) is 36.6 Å². The van der Waals surface area contributed by atoms with Crippen LogP contribution in [0, 0.1) is 5.82 Å². The van der Waals surface area contributed by atoms with Gasteiger partial charge in [0.25, 0.3) is 5.91 Å². The van der Waals surface area contributed by atoms with Crippen LogP contribution in [-0.2, 0) is 10.0 Å². The standard InChI is InChI=1S/C21H23FN2O4S/c22-17-9-8-15(14-20(17)29(26,27)24-11-4-1-5-12-24)21(25)23-18-10-13-28-19-7-3-2-6-16(18)19/h2-3,6-9,14,18H,1,4-5,10-13H2,(H,23,25). The summed E-state index contributed by atoms with van der Waals surface area (Å²) in [7, 11) is -3.97. The second-order valence-corrected chi connectivity index (χ2v) is 9.22. The number of fused-ring (bicyclic) bond motifs is 1. The first-order chi connectivity index (χ1) is 14.0. The summed E-state index contributed by atoms with van der Waals surface area (Å²) in [6, 6.07) is 10.7. The molecule has 6 nitrogen and oxygen atoms in total. The summed E-state index contributed by atoms with van der Waals surface area (Å²) >= 11 is 0. The van der Waals surface area contributed by atoms with E-state index < -0.39 is 26.6 Å². The summed E-state index contributed by atoms with van der Waals surface area (Å²) in [5.74, 6) is -0.568. The average molecular weight is 418 g/mol. The van der Waals surface area contributed by atoms with Crippen molar-refractivity contribution in [3.05, 3.63) is 59.4 Å². The molecule has 2 heterocycles. The lowest BCUT2D eigenvalue weighted by Crippen LogP contribution is -2.36. The van der Waals surface area contributed by atoms with Gasteiger partial charge >= 0.3 is 0 Å². The Morgan fingerprint density at radius 1 is 1.10 bits per heavy atom. The van der Waals surface area contributed by atoms with E-state index in [-0.39, 0.29) is 11.6 Å². The number of nitrogens with one attached hydrogen (secondary N) is 1.